The number of nitrogens with zero attached hydrogens (tertiary/aromatic N) is 2. The SMILES string of the molecule is CCN(CC)C(=O)N[C@@H](NC(=S)Nc1cc([N+](=O)[O-])ccc1OC)C(Cl)(Cl)Cl. The van der Waals surface area contributed by atoms with Crippen molar-refractivity contribution in [1.29, 1.82) is 0 Å². The molecule has 0 unspecified atom stereocenters. The number of carbonyl (C=O) groups is 1. The number of anilines is 1. The quantitative estimate of drug-likeness (QED) is 0.183. The topological polar surface area (TPSA) is 109 Å². The van der Waals surface area contributed by atoms with Gasteiger partial charge in [-0.05, 0) is 32.1 Å². The molecular weight excluding hydrogens is 453 g/mol. The fourth-order valence-electron chi connectivity index (χ4n) is 2.12. The zero-order chi connectivity index (χ0) is 21.5. The first kappa shape index (κ1) is 24.3. The Balaban J connectivity index is 2.96. The van der Waals surface area contributed by atoms with Crippen molar-refractivity contribution < 1.29 is 14.5 Å². The van der Waals surface area contributed by atoms with Crippen LogP contribution in [-0.2, 0) is 0 Å². The first-order valence-corrected chi connectivity index (χ1v) is 9.59. The first-order chi connectivity index (χ1) is 13.0. The first-order valence-electron chi connectivity index (χ1n) is 8.05. The summed E-state index contributed by atoms with van der Waals surface area (Å²) < 4.78 is 3.22. The third-order valence-corrected chi connectivity index (χ3v) is 4.44. The molecule has 1 atom stereocenters. The summed E-state index contributed by atoms with van der Waals surface area (Å²) in [6.45, 7) is 4.54. The van der Waals surface area contributed by atoms with E-state index in [1.165, 1.54) is 30.2 Å². The molecule has 156 valence electrons. The van der Waals surface area contributed by atoms with Crippen LogP contribution in [0.4, 0.5) is 16.2 Å². The molecule has 3 N–H and O–H groups in total. The van der Waals surface area contributed by atoms with Crippen LogP contribution in [0.25, 0.3) is 0 Å². The minimum atomic E-state index is -1.93. The number of rotatable bonds is 7. The summed E-state index contributed by atoms with van der Waals surface area (Å²) >= 11 is 23.0. The van der Waals surface area contributed by atoms with Crippen LogP contribution in [0.1, 0.15) is 13.8 Å². The van der Waals surface area contributed by atoms with Gasteiger partial charge in [-0.25, -0.2) is 4.79 Å². The van der Waals surface area contributed by atoms with E-state index in [1.807, 2.05) is 13.8 Å². The minimum Gasteiger partial charge on any atom is -0.495 e. The van der Waals surface area contributed by atoms with E-state index in [4.69, 9.17) is 51.8 Å². The van der Waals surface area contributed by atoms with Crippen LogP contribution in [-0.4, -0.2) is 51.1 Å². The van der Waals surface area contributed by atoms with Gasteiger partial charge < -0.3 is 25.6 Å². The molecular formula is C15H20Cl3N5O4S. The number of non-ortho nitro benzene ring substituents is 1. The second-order valence-electron chi connectivity index (χ2n) is 5.34. The molecule has 0 saturated carbocycles. The van der Waals surface area contributed by atoms with Crippen molar-refractivity contribution >= 4 is 69.5 Å². The van der Waals surface area contributed by atoms with Crippen molar-refractivity contribution in [2.45, 2.75) is 23.8 Å². The number of nitrogens with one attached hydrogen (secondary N) is 3. The third kappa shape index (κ3) is 7.01. The molecule has 1 aromatic rings. The van der Waals surface area contributed by atoms with E-state index in [0.717, 1.165) is 0 Å². The average molecular weight is 473 g/mol. The van der Waals surface area contributed by atoms with Crippen molar-refractivity contribution in [2.24, 2.45) is 0 Å². The molecule has 1 aromatic carbocycles. The van der Waals surface area contributed by atoms with Gasteiger partial charge in [-0.15, -0.1) is 0 Å². The number of halogens is 3. The Bertz CT molecular complexity index is 728. The van der Waals surface area contributed by atoms with Crippen molar-refractivity contribution in [3.63, 3.8) is 0 Å². The zero-order valence-electron chi connectivity index (χ0n) is 15.3. The molecule has 0 aromatic heterocycles. The number of amides is 2. The van der Waals surface area contributed by atoms with Crippen LogP contribution in [0.3, 0.4) is 0 Å². The third-order valence-electron chi connectivity index (χ3n) is 3.56. The van der Waals surface area contributed by atoms with E-state index in [2.05, 4.69) is 16.0 Å². The van der Waals surface area contributed by atoms with Crippen LogP contribution in [0.5, 0.6) is 5.75 Å². The molecule has 13 heteroatoms. The van der Waals surface area contributed by atoms with Gasteiger partial charge in [0.15, 0.2) is 11.3 Å². The molecule has 2 amide bonds. The highest BCUT2D eigenvalue weighted by Crippen LogP contribution is 2.31. The molecule has 0 aliphatic rings. The second-order valence-corrected chi connectivity index (χ2v) is 8.11. The summed E-state index contributed by atoms with van der Waals surface area (Å²) in [7, 11) is 1.40. The number of methoxy groups -OCH3 is 1. The maximum Gasteiger partial charge on any atom is 0.319 e. The Morgan fingerprint density at radius 3 is 2.39 bits per heavy atom. The van der Waals surface area contributed by atoms with E-state index >= 15 is 0 Å². The molecule has 1 rings (SSSR count). The van der Waals surface area contributed by atoms with Gasteiger partial charge in [-0.2, -0.15) is 0 Å². The Morgan fingerprint density at radius 2 is 1.93 bits per heavy atom. The summed E-state index contributed by atoms with van der Waals surface area (Å²) in [5.41, 5.74) is 0.0613. The van der Waals surface area contributed by atoms with Gasteiger partial charge in [0.1, 0.15) is 5.75 Å². The lowest BCUT2D eigenvalue weighted by molar-refractivity contribution is -0.384. The summed E-state index contributed by atoms with van der Waals surface area (Å²) in [6, 6.07) is 3.49. The highest BCUT2D eigenvalue weighted by molar-refractivity contribution is 7.80. The lowest BCUT2D eigenvalue weighted by atomic mass is 10.2. The number of carbonyl (C=O) groups excluding carboxylic acids is 1. The van der Waals surface area contributed by atoms with E-state index in [-0.39, 0.29) is 16.5 Å². The largest absolute Gasteiger partial charge is 0.495 e. The minimum absolute atomic E-state index is 0.0463. The predicted molar refractivity (Wildman–Crippen MR) is 115 cm³/mol. The van der Waals surface area contributed by atoms with Crippen molar-refractivity contribution in [2.75, 3.05) is 25.5 Å². The molecule has 0 bridgehead atoms. The maximum atomic E-state index is 12.3. The highest BCUT2D eigenvalue weighted by Gasteiger charge is 2.35. The molecule has 9 nitrogen and oxygen atoms in total. The Morgan fingerprint density at radius 1 is 1.32 bits per heavy atom. The highest BCUT2D eigenvalue weighted by atomic mass is 35.6. The molecule has 0 aliphatic carbocycles. The molecule has 28 heavy (non-hydrogen) atoms. The lowest BCUT2D eigenvalue weighted by Crippen LogP contribution is -2.58. The van der Waals surface area contributed by atoms with Gasteiger partial charge in [-0.3, -0.25) is 10.1 Å². The van der Waals surface area contributed by atoms with Crippen LogP contribution >= 0.6 is 47.0 Å². The standard InChI is InChI=1S/C15H20Cl3N5O4S/c1-4-22(5-2)14(24)21-12(15(16,17)18)20-13(28)19-10-8-9(23(25)26)6-7-11(10)27-3/h6-8,12H,4-5H2,1-3H3,(H,21,24)(H2,19,20,28)/t12-/m1/s1. The molecule has 0 spiro atoms. The van der Waals surface area contributed by atoms with Crippen molar-refractivity contribution in [3.8, 4) is 5.75 Å². The van der Waals surface area contributed by atoms with Gasteiger partial charge >= 0.3 is 6.03 Å². The number of alkyl halides is 3. The number of nitro groups is 1. The zero-order valence-corrected chi connectivity index (χ0v) is 18.4. The van der Waals surface area contributed by atoms with Gasteiger partial charge in [0, 0.05) is 25.2 Å². The van der Waals surface area contributed by atoms with Gasteiger partial charge in [0.05, 0.1) is 17.7 Å². The molecule has 0 saturated heterocycles. The number of ether oxygens (including phenoxy) is 1. The molecule has 0 aliphatic heterocycles. The molecule has 0 radical (unpaired) electrons. The van der Waals surface area contributed by atoms with Gasteiger partial charge in [-0.1, -0.05) is 34.8 Å². The predicted octanol–water partition coefficient (Wildman–Crippen LogP) is 3.64. The van der Waals surface area contributed by atoms with E-state index in [0.29, 0.717) is 18.8 Å². The van der Waals surface area contributed by atoms with Crippen molar-refractivity contribution in [3.05, 3.63) is 28.3 Å². The summed E-state index contributed by atoms with van der Waals surface area (Å²) in [6.07, 6.45) is -1.17. The normalized spacial score (nSPS) is 11.9. The van der Waals surface area contributed by atoms with Crippen LogP contribution in [0, 0.1) is 10.1 Å². The Hall–Kier alpha value is -1.75. The van der Waals surface area contributed by atoms with Crippen LogP contribution < -0.4 is 20.7 Å². The fraction of sp³-hybridized carbons (Fsp3) is 0.467. The number of thiocarbonyl (C=S) groups is 1. The number of nitro benzene ring substituents is 1. The monoisotopic (exact) mass is 471 g/mol. The maximum absolute atomic E-state index is 12.3. The molecule has 0 fully saturated rings. The summed E-state index contributed by atoms with van der Waals surface area (Å²) in [4.78, 5) is 24.2. The number of urea groups is 1. The number of benzene rings is 1. The number of hydrogen-bond donors (Lipinski definition) is 3. The van der Waals surface area contributed by atoms with Crippen LogP contribution in [0.15, 0.2) is 18.2 Å². The van der Waals surface area contributed by atoms with Gasteiger partial charge in [0.25, 0.3) is 5.69 Å². The summed E-state index contributed by atoms with van der Waals surface area (Å²) in [5, 5.41) is 18.9. The fourth-order valence-corrected chi connectivity index (χ4v) is 2.68. The van der Waals surface area contributed by atoms with Crippen LogP contribution in [0.2, 0.25) is 0 Å². The van der Waals surface area contributed by atoms with E-state index in [1.54, 1.807) is 0 Å². The van der Waals surface area contributed by atoms with Gasteiger partial charge in [0.2, 0.25) is 3.79 Å². The van der Waals surface area contributed by atoms with E-state index in [9.17, 15) is 14.9 Å². The average Bonchev–Trinajstić information content (AvgIpc) is 2.61. The Labute approximate surface area is 182 Å². The second kappa shape index (κ2) is 10.7. The van der Waals surface area contributed by atoms with Crippen molar-refractivity contribution in [1.82, 2.24) is 15.5 Å². The Kier molecular flexibility index (Phi) is 9.28. The van der Waals surface area contributed by atoms with E-state index < -0.39 is 20.9 Å². The summed E-state index contributed by atoms with van der Waals surface area (Å²) in [5.74, 6) is 0.312. The lowest BCUT2D eigenvalue weighted by Gasteiger charge is -2.30. The number of hydrogen-bond acceptors (Lipinski definition) is 5. The molecule has 0 heterocycles. The smallest absolute Gasteiger partial charge is 0.319 e.